The number of nitrogens with zero attached hydrogens (tertiary/aromatic N) is 6. The summed E-state index contributed by atoms with van der Waals surface area (Å²) in [7, 11) is -7.29. The Bertz CT molecular complexity index is 5160. The quantitative estimate of drug-likeness (QED) is 0.0336. The molecule has 15 rings (SSSR count). The number of fused-ring (bicyclic) bond motifs is 2. The van der Waals surface area contributed by atoms with Gasteiger partial charge in [-0.1, -0.05) is 87.1 Å². The highest BCUT2D eigenvalue weighted by Crippen LogP contribution is 2.48. The second-order valence-electron chi connectivity index (χ2n) is 31.2. The number of sulfone groups is 2. The second kappa shape index (κ2) is 37.1. The first-order valence-corrected chi connectivity index (χ1v) is 44.5. The Morgan fingerprint density at radius 2 is 1.10 bits per heavy atom. The molecule has 2 bridgehead atoms. The van der Waals surface area contributed by atoms with Gasteiger partial charge in [-0.05, 0) is 189 Å². The van der Waals surface area contributed by atoms with Crippen LogP contribution in [0.4, 0.5) is 22.7 Å². The van der Waals surface area contributed by atoms with Crippen LogP contribution in [0, 0.1) is 0 Å². The molecule has 0 atom stereocenters. The fourth-order valence-corrected chi connectivity index (χ4v) is 19.7. The zero-order valence-corrected chi connectivity index (χ0v) is 66.9. The van der Waals surface area contributed by atoms with Crippen molar-refractivity contribution in [1.82, 2.24) is 14.5 Å². The van der Waals surface area contributed by atoms with Gasteiger partial charge in [0.2, 0.25) is 17.7 Å². The molecule has 4 saturated heterocycles. The molecular formula is C91H105N7O14S2. The van der Waals surface area contributed by atoms with E-state index in [0.717, 1.165) is 175 Å². The van der Waals surface area contributed by atoms with Crippen LogP contribution in [0.2, 0.25) is 0 Å². The number of Topliss-reactive ketones (excluding diaryl/α,β-unsaturated/α-hetero) is 3. The van der Waals surface area contributed by atoms with Crippen LogP contribution in [0.25, 0.3) is 44.3 Å². The number of anilines is 4. The lowest BCUT2D eigenvalue weighted by Crippen LogP contribution is -2.37. The van der Waals surface area contributed by atoms with Crippen molar-refractivity contribution in [1.29, 1.82) is 0 Å². The van der Waals surface area contributed by atoms with E-state index >= 15 is 0 Å². The number of hydrogen-bond donors (Lipinski definition) is 1. The predicted octanol–water partition coefficient (Wildman–Crippen LogP) is 15.2. The zero-order chi connectivity index (χ0) is 79.3. The largest absolute Gasteiger partial charge is 0.489 e. The molecule has 8 aromatic rings. The maximum Gasteiger partial charge on any atom is 0.239 e. The molecule has 3 amide bonds. The summed E-state index contributed by atoms with van der Waals surface area (Å²) >= 11 is 0. The first-order valence-electron chi connectivity index (χ1n) is 40.8. The summed E-state index contributed by atoms with van der Waals surface area (Å²) in [6, 6.07) is 39.4. The number of morpholine rings is 2. The van der Waals surface area contributed by atoms with Gasteiger partial charge in [-0.3, -0.25) is 28.8 Å². The second-order valence-corrected chi connectivity index (χ2v) is 35.4. The van der Waals surface area contributed by atoms with Crippen molar-refractivity contribution in [2.24, 2.45) is 0 Å². The molecule has 5 aliphatic heterocycles. The SMILES string of the molecule is C=CCCNC(=O)Cn1c(-c2ccc(OCc3cc(N4CCCC4=O)ccc3N3CCOCC3)cc2)c(C2CCCCC2)c2ccc(C(=O)CS(=O)(=O)CC=C)cc21.O=C1CCC/C=C\CS(=O)(=O)CC(=O)c2ccc3c(C4CCCCC4)c(-c4ccc(OCc5cc(N6CCCC6=O)ccc5N5CCOCC5)cc4)n(c3c2)C1. The molecular weight excluding hydrogens is 1480 g/mol. The van der Waals surface area contributed by atoms with Gasteiger partial charge >= 0.3 is 0 Å². The zero-order valence-electron chi connectivity index (χ0n) is 65.3. The average molecular weight is 1590 g/mol. The molecule has 6 fully saturated rings. The van der Waals surface area contributed by atoms with Gasteiger partial charge in [0, 0.05) is 132 Å². The molecule has 7 heterocycles. The number of carbonyl (C=O) groups excluding carboxylic acids is 6. The first-order chi connectivity index (χ1) is 55.4. The van der Waals surface area contributed by atoms with Crippen LogP contribution >= 0.6 is 0 Å². The van der Waals surface area contributed by atoms with Crippen LogP contribution in [0.3, 0.4) is 0 Å². The van der Waals surface area contributed by atoms with E-state index < -0.39 is 42.7 Å². The van der Waals surface area contributed by atoms with E-state index in [0.29, 0.717) is 120 Å². The number of ether oxygens (including phenoxy) is 4. The van der Waals surface area contributed by atoms with Gasteiger partial charge in [-0.2, -0.15) is 0 Å². The fourth-order valence-electron chi connectivity index (χ4n) is 17.6. The van der Waals surface area contributed by atoms with E-state index in [9.17, 15) is 45.6 Å². The monoisotopic (exact) mass is 1580 g/mol. The maximum absolute atomic E-state index is 13.7. The summed E-state index contributed by atoms with van der Waals surface area (Å²) in [4.78, 5) is 87.7. The molecule has 2 saturated carbocycles. The highest BCUT2D eigenvalue weighted by atomic mass is 32.2. The lowest BCUT2D eigenvalue weighted by Gasteiger charge is -2.31. The van der Waals surface area contributed by atoms with E-state index in [4.69, 9.17) is 18.9 Å². The van der Waals surface area contributed by atoms with Gasteiger partial charge in [0.05, 0.1) is 55.9 Å². The van der Waals surface area contributed by atoms with E-state index in [2.05, 4.69) is 69.2 Å². The third-order valence-corrected chi connectivity index (χ3v) is 26.1. The summed E-state index contributed by atoms with van der Waals surface area (Å²) in [6.45, 7) is 15.7. The van der Waals surface area contributed by atoms with Crippen molar-refractivity contribution in [3.63, 3.8) is 0 Å². The van der Waals surface area contributed by atoms with Crippen molar-refractivity contribution in [2.45, 2.75) is 154 Å². The smallest absolute Gasteiger partial charge is 0.239 e. The molecule has 21 nitrogen and oxygen atoms in total. The van der Waals surface area contributed by atoms with Gasteiger partial charge in [0.15, 0.2) is 37.0 Å². The van der Waals surface area contributed by atoms with Gasteiger partial charge in [0.1, 0.15) is 42.8 Å². The van der Waals surface area contributed by atoms with Crippen molar-refractivity contribution in [3.05, 3.63) is 192 Å². The number of carbonyl (C=O) groups is 6. The Morgan fingerprint density at radius 1 is 0.561 bits per heavy atom. The van der Waals surface area contributed by atoms with Crippen LogP contribution in [0.1, 0.15) is 170 Å². The summed E-state index contributed by atoms with van der Waals surface area (Å²) in [5.41, 5.74) is 14.2. The minimum absolute atomic E-state index is 0.0144. The number of nitrogens with one attached hydrogen (secondary N) is 1. The Balaban J connectivity index is 0.000000189. The lowest BCUT2D eigenvalue weighted by atomic mass is 9.81. The Hall–Kier alpha value is -9.94. The molecule has 0 unspecified atom stereocenters. The van der Waals surface area contributed by atoms with E-state index in [1.54, 1.807) is 42.5 Å². The van der Waals surface area contributed by atoms with Crippen LogP contribution in [-0.4, -0.2) is 156 Å². The molecule has 114 heavy (non-hydrogen) atoms. The topological polar surface area (TPSA) is 242 Å². The minimum Gasteiger partial charge on any atom is -0.489 e. The standard InChI is InChI=1S/C46H54N4O7S.C45H51N3O7S/c1-3-5-21-47-43(52)30-50-41-29-35(42(51)32-58(54,55)27-4-2)15-19-39(41)45(33-10-7-6-8-11-33)46(50)34-13-17-38(18-14-34)57-31-36-28-37(49-22-9-12-44(49)53)16-20-40(36)48-23-25-56-26-24-48;49-37-11-6-1-2-7-26-56(52,53)31-42(50)34-15-19-39-41(28-34)48(29-37)45(44(39)32-9-4-3-5-10-32)33-13-17-38(18-14-33)55-30-35-27-36(47-21-8-12-43(47)51)16-20-40(35)46-22-24-54-25-23-46/h3-4,13-20,28-29,33H,1-2,5-12,21-27,30-32H2,(H,47,52);2,7,13-20,27-28,32H,1,3-6,8-12,21-26,29-31H2/b;7-2-. The molecule has 2 aromatic heterocycles. The van der Waals surface area contributed by atoms with Crippen LogP contribution < -0.4 is 34.4 Å². The van der Waals surface area contributed by atoms with Crippen molar-refractivity contribution < 1.29 is 64.6 Å². The van der Waals surface area contributed by atoms with Crippen molar-refractivity contribution in [2.75, 3.05) is 115 Å². The number of aromatic nitrogens is 2. The Labute approximate surface area is 669 Å². The maximum atomic E-state index is 13.7. The number of allylic oxidation sites excluding steroid dienone is 1. The Morgan fingerprint density at radius 3 is 1.64 bits per heavy atom. The van der Waals surface area contributed by atoms with Gasteiger partial charge in [-0.15, -0.1) is 13.2 Å². The van der Waals surface area contributed by atoms with Gasteiger partial charge < -0.3 is 53.0 Å². The molecule has 7 aliphatic rings. The molecule has 23 heteroatoms. The summed E-state index contributed by atoms with van der Waals surface area (Å²) in [5.74, 6) is -0.450. The minimum atomic E-state index is -3.66. The highest BCUT2D eigenvalue weighted by molar-refractivity contribution is 7.92. The van der Waals surface area contributed by atoms with E-state index in [-0.39, 0.29) is 59.6 Å². The average Bonchev–Trinajstić information content (AvgIpc) is 1.59. The molecule has 600 valence electrons. The number of rotatable bonds is 24. The molecule has 0 radical (unpaired) electrons. The predicted molar refractivity (Wildman–Crippen MR) is 449 cm³/mol. The van der Waals surface area contributed by atoms with E-state index in [1.165, 1.54) is 24.5 Å². The number of hydrogen-bond acceptors (Lipinski definition) is 16. The van der Waals surface area contributed by atoms with Gasteiger partial charge in [-0.25, -0.2) is 16.8 Å². The first kappa shape index (κ1) is 80.7. The van der Waals surface area contributed by atoms with Crippen molar-refractivity contribution >= 4 is 99.3 Å². The van der Waals surface area contributed by atoms with Crippen LogP contribution in [0.15, 0.2) is 159 Å². The van der Waals surface area contributed by atoms with Crippen molar-refractivity contribution in [3.8, 4) is 34.0 Å². The van der Waals surface area contributed by atoms with Crippen LogP contribution in [0.5, 0.6) is 11.5 Å². The lowest BCUT2D eigenvalue weighted by molar-refractivity contribution is -0.121. The normalized spacial score (nSPS) is 18.5. The summed E-state index contributed by atoms with van der Waals surface area (Å²) < 4.78 is 79.2. The fraction of sp³-hybridized carbons (Fsp3) is 0.429. The third-order valence-electron chi connectivity index (χ3n) is 23.2. The Kier molecular flexibility index (Phi) is 26.3. The molecule has 6 aromatic carbocycles. The molecule has 1 N–H and O–H groups in total. The van der Waals surface area contributed by atoms with Crippen LogP contribution in [-0.2, 0) is 74.6 Å². The summed E-state index contributed by atoms with van der Waals surface area (Å²) in [5, 5.41) is 4.97. The highest BCUT2D eigenvalue weighted by Gasteiger charge is 2.33. The molecule has 2 aliphatic carbocycles. The number of amides is 3. The third kappa shape index (κ3) is 19.2. The molecule has 0 spiro atoms. The summed E-state index contributed by atoms with van der Waals surface area (Å²) in [6.07, 6.45) is 22.4. The van der Waals surface area contributed by atoms with Gasteiger partial charge in [0.25, 0.3) is 0 Å². The number of benzene rings is 6. The number of ketones is 3. The van der Waals surface area contributed by atoms with E-state index in [1.807, 2.05) is 75.0 Å².